The van der Waals surface area contributed by atoms with Crippen LogP contribution < -0.4 is 0 Å². The summed E-state index contributed by atoms with van der Waals surface area (Å²) in [6, 6.07) is 0. The van der Waals surface area contributed by atoms with Crippen molar-refractivity contribution in [2.45, 2.75) is 12.8 Å². The van der Waals surface area contributed by atoms with Gasteiger partial charge in [-0.3, -0.25) is 9.69 Å². The van der Waals surface area contributed by atoms with Gasteiger partial charge in [0, 0.05) is 13.2 Å². The van der Waals surface area contributed by atoms with Crippen LogP contribution in [0.4, 0.5) is 0 Å². The first-order valence-electron chi connectivity index (χ1n) is 4.66. The number of aliphatic carboxylic acids is 1. The molecule has 1 saturated carbocycles. The lowest BCUT2D eigenvalue weighted by molar-refractivity contribution is -0.138. The first-order valence-corrected chi connectivity index (χ1v) is 4.66. The van der Waals surface area contributed by atoms with E-state index < -0.39 is 5.97 Å². The summed E-state index contributed by atoms with van der Waals surface area (Å²) >= 11 is 0. The summed E-state index contributed by atoms with van der Waals surface area (Å²) in [6.07, 6.45) is 2.59. The van der Waals surface area contributed by atoms with Gasteiger partial charge in [0.15, 0.2) is 0 Å². The predicted octanol–water partition coefficient (Wildman–Crippen LogP) is 0.429. The molecule has 1 fully saturated rings. The molecule has 0 heterocycles. The van der Waals surface area contributed by atoms with Crippen molar-refractivity contribution >= 4 is 5.97 Å². The SMILES string of the molecule is CN(CCOCC1CC1)CC(=O)O. The molecule has 1 N–H and O–H groups in total. The van der Waals surface area contributed by atoms with Gasteiger partial charge in [-0.15, -0.1) is 0 Å². The van der Waals surface area contributed by atoms with Crippen LogP contribution in [-0.2, 0) is 9.53 Å². The summed E-state index contributed by atoms with van der Waals surface area (Å²) in [7, 11) is 1.79. The summed E-state index contributed by atoms with van der Waals surface area (Å²) in [5.41, 5.74) is 0. The van der Waals surface area contributed by atoms with E-state index in [0.29, 0.717) is 13.2 Å². The summed E-state index contributed by atoms with van der Waals surface area (Å²) in [5, 5.41) is 8.46. The summed E-state index contributed by atoms with van der Waals surface area (Å²) in [5.74, 6) is -0.00512. The molecular formula is C9H17NO3. The minimum atomic E-state index is -0.787. The van der Waals surface area contributed by atoms with Crippen molar-refractivity contribution in [3.8, 4) is 0 Å². The van der Waals surface area contributed by atoms with Gasteiger partial charge in [0.05, 0.1) is 13.2 Å². The van der Waals surface area contributed by atoms with Crippen LogP contribution in [0.15, 0.2) is 0 Å². The Bertz CT molecular complexity index is 168. The average Bonchev–Trinajstić information content (AvgIpc) is 2.80. The van der Waals surface area contributed by atoms with Crippen molar-refractivity contribution in [3.05, 3.63) is 0 Å². The van der Waals surface area contributed by atoms with E-state index in [9.17, 15) is 4.79 Å². The Kier molecular flexibility index (Phi) is 4.18. The van der Waals surface area contributed by atoms with Crippen LogP contribution in [0, 0.1) is 5.92 Å². The molecule has 4 nitrogen and oxygen atoms in total. The number of carboxylic acids is 1. The third-order valence-corrected chi connectivity index (χ3v) is 2.07. The topological polar surface area (TPSA) is 49.8 Å². The Morgan fingerprint density at radius 2 is 2.31 bits per heavy atom. The van der Waals surface area contributed by atoms with Crippen molar-refractivity contribution in [1.82, 2.24) is 4.90 Å². The van der Waals surface area contributed by atoms with Crippen LogP contribution in [0.3, 0.4) is 0 Å². The summed E-state index contributed by atoms with van der Waals surface area (Å²) in [6.45, 7) is 2.27. The van der Waals surface area contributed by atoms with Gasteiger partial charge in [-0.2, -0.15) is 0 Å². The molecule has 76 valence electrons. The zero-order valence-electron chi connectivity index (χ0n) is 8.03. The number of nitrogens with zero attached hydrogens (tertiary/aromatic N) is 1. The molecule has 0 bridgehead atoms. The maximum atomic E-state index is 10.3. The minimum Gasteiger partial charge on any atom is -0.480 e. The average molecular weight is 187 g/mol. The molecule has 0 saturated heterocycles. The fraction of sp³-hybridized carbons (Fsp3) is 0.889. The van der Waals surface area contributed by atoms with Crippen LogP contribution in [0.25, 0.3) is 0 Å². The number of hydrogen-bond donors (Lipinski definition) is 1. The highest BCUT2D eigenvalue weighted by molar-refractivity contribution is 5.68. The molecule has 1 rings (SSSR count). The fourth-order valence-corrected chi connectivity index (χ4v) is 1.06. The molecule has 13 heavy (non-hydrogen) atoms. The van der Waals surface area contributed by atoms with Gasteiger partial charge in [-0.1, -0.05) is 0 Å². The van der Waals surface area contributed by atoms with Crippen LogP contribution in [0.2, 0.25) is 0 Å². The van der Waals surface area contributed by atoms with E-state index in [1.54, 1.807) is 11.9 Å². The van der Waals surface area contributed by atoms with Crippen molar-refractivity contribution in [1.29, 1.82) is 0 Å². The van der Waals surface area contributed by atoms with Gasteiger partial charge < -0.3 is 9.84 Å². The van der Waals surface area contributed by atoms with Gasteiger partial charge in [0.25, 0.3) is 0 Å². The quantitative estimate of drug-likeness (QED) is 0.587. The van der Waals surface area contributed by atoms with Crippen molar-refractivity contribution in [2.75, 3.05) is 33.4 Å². The zero-order chi connectivity index (χ0) is 9.68. The lowest BCUT2D eigenvalue weighted by Crippen LogP contribution is -2.29. The lowest BCUT2D eigenvalue weighted by Gasteiger charge is -2.13. The molecule has 0 unspecified atom stereocenters. The third-order valence-electron chi connectivity index (χ3n) is 2.07. The van der Waals surface area contributed by atoms with Gasteiger partial charge in [-0.05, 0) is 25.8 Å². The molecule has 0 aromatic heterocycles. The van der Waals surface area contributed by atoms with E-state index >= 15 is 0 Å². The fourth-order valence-electron chi connectivity index (χ4n) is 1.06. The molecular weight excluding hydrogens is 170 g/mol. The monoisotopic (exact) mass is 187 g/mol. The Hall–Kier alpha value is -0.610. The summed E-state index contributed by atoms with van der Waals surface area (Å²) in [4.78, 5) is 12.0. The molecule has 1 aliphatic carbocycles. The second-order valence-corrected chi connectivity index (χ2v) is 3.65. The molecule has 0 atom stereocenters. The minimum absolute atomic E-state index is 0.0901. The molecule has 0 aliphatic heterocycles. The Morgan fingerprint density at radius 3 is 2.85 bits per heavy atom. The smallest absolute Gasteiger partial charge is 0.317 e. The third kappa shape index (κ3) is 5.60. The lowest BCUT2D eigenvalue weighted by atomic mass is 10.5. The molecule has 0 radical (unpaired) electrons. The van der Waals surface area contributed by atoms with Crippen molar-refractivity contribution < 1.29 is 14.6 Å². The number of likely N-dealkylation sites (N-methyl/N-ethyl adjacent to an activating group) is 1. The van der Waals surface area contributed by atoms with E-state index in [1.807, 2.05) is 0 Å². The first kappa shape index (κ1) is 10.5. The number of carbonyl (C=O) groups is 1. The van der Waals surface area contributed by atoms with Gasteiger partial charge >= 0.3 is 5.97 Å². The normalized spacial score (nSPS) is 16.5. The highest BCUT2D eigenvalue weighted by Gasteiger charge is 2.20. The number of carboxylic acid groups (broad SMARTS) is 1. The van der Waals surface area contributed by atoms with Crippen LogP contribution >= 0.6 is 0 Å². The van der Waals surface area contributed by atoms with Crippen LogP contribution in [0.1, 0.15) is 12.8 Å². The molecule has 0 aromatic carbocycles. The zero-order valence-corrected chi connectivity index (χ0v) is 8.03. The van der Waals surface area contributed by atoms with E-state index in [-0.39, 0.29) is 6.54 Å². The van der Waals surface area contributed by atoms with E-state index in [0.717, 1.165) is 12.5 Å². The highest BCUT2D eigenvalue weighted by Crippen LogP contribution is 2.28. The van der Waals surface area contributed by atoms with Crippen molar-refractivity contribution in [2.24, 2.45) is 5.92 Å². The second kappa shape index (κ2) is 5.19. The maximum Gasteiger partial charge on any atom is 0.317 e. The second-order valence-electron chi connectivity index (χ2n) is 3.65. The standard InChI is InChI=1S/C9H17NO3/c1-10(6-9(11)12)4-5-13-7-8-2-3-8/h8H,2-7H2,1H3,(H,11,12). The van der Waals surface area contributed by atoms with Crippen LogP contribution in [-0.4, -0.2) is 49.3 Å². The Balaban J connectivity index is 1.88. The van der Waals surface area contributed by atoms with Crippen molar-refractivity contribution in [3.63, 3.8) is 0 Å². The molecule has 1 aliphatic rings. The Morgan fingerprint density at radius 1 is 1.62 bits per heavy atom. The van der Waals surface area contributed by atoms with Gasteiger partial charge in [-0.25, -0.2) is 0 Å². The predicted molar refractivity (Wildman–Crippen MR) is 48.7 cm³/mol. The molecule has 4 heteroatoms. The maximum absolute atomic E-state index is 10.3. The highest BCUT2D eigenvalue weighted by atomic mass is 16.5. The number of ether oxygens (including phenoxy) is 1. The molecule has 0 amide bonds. The molecule has 0 spiro atoms. The summed E-state index contributed by atoms with van der Waals surface area (Å²) < 4.78 is 5.38. The van der Waals surface area contributed by atoms with E-state index in [2.05, 4.69) is 0 Å². The van der Waals surface area contributed by atoms with Gasteiger partial charge in [0.1, 0.15) is 0 Å². The Labute approximate surface area is 78.5 Å². The van der Waals surface area contributed by atoms with E-state index in [1.165, 1.54) is 12.8 Å². The number of rotatable bonds is 7. The molecule has 0 aromatic rings. The van der Waals surface area contributed by atoms with E-state index in [4.69, 9.17) is 9.84 Å². The number of hydrogen-bond acceptors (Lipinski definition) is 3. The van der Waals surface area contributed by atoms with Gasteiger partial charge in [0.2, 0.25) is 0 Å². The first-order chi connectivity index (χ1) is 6.18. The largest absolute Gasteiger partial charge is 0.480 e. The van der Waals surface area contributed by atoms with Crippen LogP contribution in [0.5, 0.6) is 0 Å².